The van der Waals surface area contributed by atoms with Crippen LogP contribution in [0.15, 0.2) is 45.6 Å². The highest BCUT2D eigenvalue weighted by molar-refractivity contribution is 5.99. The predicted octanol–water partition coefficient (Wildman–Crippen LogP) is 3.05. The van der Waals surface area contributed by atoms with Crippen molar-refractivity contribution in [3.8, 4) is 11.5 Å². The van der Waals surface area contributed by atoms with Crippen LogP contribution < -0.4 is 14.9 Å². The molecular formula is C23H23NO6. The standard InChI is InChI=1S/C23H23NO6/c1-13-5-7-18-16(11-13)21(26)19-20(15-12-14(28-2)6-8-17(15)29-3)24(9-4-10-25)23(27)22(19)30-18/h5-8,11-12,20,25H,4,9-10H2,1-3H3/t20-/m1/s1. The van der Waals surface area contributed by atoms with Gasteiger partial charge in [0.05, 0.1) is 31.2 Å². The van der Waals surface area contributed by atoms with Gasteiger partial charge in [-0.2, -0.15) is 0 Å². The van der Waals surface area contributed by atoms with Crippen molar-refractivity contribution in [2.45, 2.75) is 19.4 Å². The maximum Gasteiger partial charge on any atom is 0.290 e. The van der Waals surface area contributed by atoms with Crippen LogP contribution in [0, 0.1) is 6.92 Å². The fourth-order valence-corrected chi connectivity index (χ4v) is 3.98. The Morgan fingerprint density at radius 2 is 1.90 bits per heavy atom. The minimum absolute atomic E-state index is 0.0316. The van der Waals surface area contributed by atoms with Crippen molar-refractivity contribution in [3.63, 3.8) is 0 Å². The van der Waals surface area contributed by atoms with Gasteiger partial charge in [0.15, 0.2) is 5.43 Å². The number of ether oxygens (including phenoxy) is 2. The summed E-state index contributed by atoms with van der Waals surface area (Å²) in [6, 6.07) is 9.86. The monoisotopic (exact) mass is 409 g/mol. The van der Waals surface area contributed by atoms with Crippen molar-refractivity contribution in [1.29, 1.82) is 0 Å². The third-order valence-corrected chi connectivity index (χ3v) is 5.41. The largest absolute Gasteiger partial charge is 0.497 e. The number of carbonyl (C=O) groups is 1. The molecule has 1 atom stereocenters. The van der Waals surface area contributed by atoms with Crippen LogP contribution >= 0.6 is 0 Å². The average Bonchev–Trinajstić information content (AvgIpc) is 3.04. The summed E-state index contributed by atoms with van der Waals surface area (Å²) >= 11 is 0. The Morgan fingerprint density at radius 3 is 2.60 bits per heavy atom. The number of fused-ring (bicyclic) bond motifs is 2. The van der Waals surface area contributed by atoms with Crippen LogP contribution in [-0.2, 0) is 0 Å². The van der Waals surface area contributed by atoms with E-state index in [4.69, 9.17) is 13.9 Å². The van der Waals surface area contributed by atoms with E-state index in [1.165, 1.54) is 7.11 Å². The molecule has 2 heterocycles. The molecule has 30 heavy (non-hydrogen) atoms. The van der Waals surface area contributed by atoms with Gasteiger partial charge in [-0.1, -0.05) is 11.6 Å². The van der Waals surface area contributed by atoms with Crippen LogP contribution in [0.4, 0.5) is 0 Å². The summed E-state index contributed by atoms with van der Waals surface area (Å²) in [5.74, 6) is 0.756. The maximum atomic E-state index is 13.5. The highest BCUT2D eigenvalue weighted by atomic mass is 16.5. The number of hydrogen-bond donors (Lipinski definition) is 1. The fraction of sp³-hybridized carbons (Fsp3) is 0.304. The maximum absolute atomic E-state index is 13.5. The van der Waals surface area contributed by atoms with Crippen LogP contribution in [0.3, 0.4) is 0 Å². The Hall–Kier alpha value is -3.32. The molecule has 0 bridgehead atoms. The topological polar surface area (TPSA) is 89.2 Å². The van der Waals surface area contributed by atoms with Gasteiger partial charge in [0.25, 0.3) is 5.91 Å². The van der Waals surface area contributed by atoms with E-state index in [2.05, 4.69) is 0 Å². The predicted molar refractivity (Wildman–Crippen MR) is 111 cm³/mol. The van der Waals surface area contributed by atoms with Crippen LogP contribution in [-0.4, -0.2) is 43.3 Å². The molecule has 4 rings (SSSR count). The Morgan fingerprint density at radius 1 is 1.10 bits per heavy atom. The van der Waals surface area contributed by atoms with E-state index in [0.29, 0.717) is 34.5 Å². The molecule has 0 saturated heterocycles. The number of benzene rings is 2. The van der Waals surface area contributed by atoms with Gasteiger partial charge in [0, 0.05) is 18.7 Å². The number of hydrogen-bond acceptors (Lipinski definition) is 6. The summed E-state index contributed by atoms with van der Waals surface area (Å²) in [7, 11) is 3.08. The second-order valence-corrected chi connectivity index (χ2v) is 7.26. The highest BCUT2D eigenvalue weighted by Crippen LogP contribution is 2.42. The van der Waals surface area contributed by atoms with Crippen molar-refractivity contribution in [2.24, 2.45) is 0 Å². The van der Waals surface area contributed by atoms with Gasteiger partial charge in [0.2, 0.25) is 5.76 Å². The molecule has 1 N–H and O–H groups in total. The quantitative estimate of drug-likeness (QED) is 0.673. The Bertz CT molecular complexity index is 1180. The number of amides is 1. The van der Waals surface area contributed by atoms with Crippen molar-refractivity contribution in [2.75, 3.05) is 27.4 Å². The van der Waals surface area contributed by atoms with Gasteiger partial charge in [-0.3, -0.25) is 9.59 Å². The van der Waals surface area contributed by atoms with Crippen LogP contribution in [0.25, 0.3) is 11.0 Å². The Kier molecular flexibility index (Phi) is 5.22. The molecule has 1 aliphatic rings. The first-order chi connectivity index (χ1) is 14.5. The number of nitrogens with zero attached hydrogens (tertiary/aromatic N) is 1. The van der Waals surface area contributed by atoms with E-state index in [0.717, 1.165) is 5.56 Å². The molecule has 7 nitrogen and oxygen atoms in total. The van der Waals surface area contributed by atoms with Crippen LogP contribution in [0.1, 0.15) is 39.7 Å². The van der Waals surface area contributed by atoms with E-state index in [1.807, 2.05) is 13.0 Å². The number of aryl methyl sites for hydroxylation is 1. The second kappa shape index (κ2) is 7.84. The zero-order valence-electron chi connectivity index (χ0n) is 17.1. The molecule has 1 amide bonds. The number of aliphatic hydroxyl groups excluding tert-OH is 1. The molecule has 156 valence electrons. The zero-order chi connectivity index (χ0) is 21.4. The third kappa shape index (κ3) is 3.11. The normalized spacial score (nSPS) is 15.5. The van der Waals surface area contributed by atoms with Gasteiger partial charge in [0.1, 0.15) is 17.1 Å². The Balaban J connectivity index is 2.02. The SMILES string of the molecule is COc1ccc(OC)c([C@@H]2c3c(oc4ccc(C)cc4c3=O)C(=O)N2CCCO)c1. The van der Waals surface area contributed by atoms with Gasteiger partial charge >= 0.3 is 0 Å². The van der Waals surface area contributed by atoms with Gasteiger partial charge in [-0.05, 0) is 43.7 Å². The molecule has 1 aliphatic heterocycles. The lowest BCUT2D eigenvalue weighted by molar-refractivity contribution is 0.0715. The summed E-state index contributed by atoms with van der Waals surface area (Å²) in [5.41, 5.74) is 1.96. The van der Waals surface area contributed by atoms with E-state index in [1.54, 1.807) is 42.3 Å². The minimum Gasteiger partial charge on any atom is -0.497 e. The molecule has 7 heteroatoms. The molecular weight excluding hydrogens is 386 g/mol. The van der Waals surface area contributed by atoms with E-state index in [9.17, 15) is 14.7 Å². The number of rotatable bonds is 6. The van der Waals surface area contributed by atoms with Crippen molar-refractivity contribution in [3.05, 3.63) is 69.1 Å². The number of aliphatic hydroxyl groups is 1. The van der Waals surface area contributed by atoms with Crippen LogP contribution in [0.5, 0.6) is 11.5 Å². The molecule has 3 aromatic rings. The summed E-state index contributed by atoms with van der Waals surface area (Å²) in [6.45, 7) is 2.08. The summed E-state index contributed by atoms with van der Waals surface area (Å²) in [4.78, 5) is 28.3. The summed E-state index contributed by atoms with van der Waals surface area (Å²) in [6.07, 6.45) is 0.370. The van der Waals surface area contributed by atoms with Gasteiger partial charge in [-0.15, -0.1) is 0 Å². The minimum atomic E-state index is -0.703. The van der Waals surface area contributed by atoms with Crippen molar-refractivity contribution < 1.29 is 23.8 Å². The molecule has 2 aromatic carbocycles. The molecule has 0 spiro atoms. The first-order valence-electron chi connectivity index (χ1n) is 9.71. The molecule has 0 unspecified atom stereocenters. The number of carbonyl (C=O) groups excluding carboxylic acids is 1. The van der Waals surface area contributed by atoms with E-state index >= 15 is 0 Å². The third-order valence-electron chi connectivity index (χ3n) is 5.41. The number of methoxy groups -OCH3 is 2. The van der Waals surface area contributed by atoms with Gasteiger partial charge < -0.3 is 23.9 Å². The van der Waals surface area contributed by atoms with E-state index < -0.39 is 6.04 Å². The molecule has 0 fully saturated rings. The average molecular weight is 409 g/mol. The fourth-order valence-electron chi connectivity index (χ4n) is 3.98. The lowest BCUT2D eigenvalue weighted by Crippen LogP contribution is -2.31. The summed E-state index contributed by atoms with van der Waals surface area (Å²) < 4.78 is 16.8. The zero-order valence-corrected chi connectivity index (χ0v) is 17.1. The lowest BCUT2D eigenvalue weighted by Gasteiger charge is -2.26. The molecule has 0 radical (unpaired) electrons. The van der Waals surface area contributed by atoms with E-state index in [-0.39, 0.29) is 35.8 Å². The van der Waals surface area contributed by atoms with Gasteiger partial charge in [-0.25, -0.2) is 0 Å². The van der Waals surface area contributed by atoms with Crippen molar-refractivity contribution in [1.82, 2.24) is 4.90 Å². The molecule has 0 saturated carbocycles. The summed E-state index contributed by atoms with van der Waals surface area (Å²) in [5, 5.41) is 9.77. The lowest BCUT2D eigenvalue weighted by atomic mass is 9.97. The first kappa shape index (κ1) is 20.0. The molecule has 1 aromatic heterocycles. The highest BCUT2D eigenvalue weighted by Gasteiger charge is 2.43. The second-order valence-electron chi connectivity index (χ2n) is 7.26. The van der Waals surface area contributed by atoms with Crippen molar-refractivity contribution >= 4 is 16.9 Å². The Labute approximate surface area is 173 Å². The molecule has 0 aliphatic carbocycles. The van der Waals surface area contributed by atoms with Crippen LogP contribution in [0.2, 0.25) is 0 Å². The smallest absolute Gasteiger partial charge is 0.290 e. The first-order valence-corrected chi connectivity index (χ1v) is 9.71.